The fraction of sp³-hybridized carbons (Fsp3) is 0. The Hall–Kier alpha value is -0.970. The molecule has 2 N–H and O–H groups in total. The van der Waals surface area contributed by atoms with Crippen LogP contribution in [0.2, 0.25) is 5.02 Å². The zero-order chi connectivity index (χ0) is 7.72. The molecule has 54 valence electrons. The first-order valence-corrected chi connectivity index (χ1v) is 2.63. The number of nitrogens with zero attached hydrogens (tertiary/aromatic N) is 2. The van der Waals surface area contributed by atoms with Crippen LogP contribution in [0.4, 0.5) is 14.7 Å². The standard InChI is InChI=1S/C4H2ClF2N3/c5-1-2(6)9-4(8)10-3(1)7/h(H2,8,9,10). The maximum Gasteiger partial charge on any atom is 0.239 e. The molecule has 1 aromatic rings. The van der Waals surface area contributed by atoms with Gasteiger partial charge < -0.3 is 5.73 Å². The molecule has 1 heterocycles. The van der Waals surface area contributed by atoms with E-state index in [1.807, 2.05) is 0 Å². The van der Waals surface area contributed by atoms with Crippen molar-refractivity contribution in [2.45, 2.75) is 0 Å². The summed E-state index contributed by atoms with van der Waals surface area (Å²) in [5.41, 5.74) is 4.87. The van der Waals surface area contributed by atoms with E-state index in [0.717, 1.165) is 0 Å². The van der Waals surface area contributed by atoms with Gasteiger partial charge in [0, 0.05) is 0 Å². The van der Waals surface area contributed by atoms with E-state index in [1.54, 1.807) is 0 Å². The van der Waals surface area contributed by atoms with Crippen LogP contribution in [-0.2, 0) is 0 Å². The van der Waals surface area contributed by atoms with E-state index in [0.29, 0.717) is 0 Å². The van der Waals surface area contributed by atoms with Gasteiger partial charge in [-0.2, -0.15) is 18.7 Å². The lowest BCUT2D eigenvalue weighted by Gasteiger charge is -1.94. The van der Waals surface area contributed by atoms with Crippen LogP contribution in [-0.4, -0.2) is 9.97 Å². The Morgan fingerprint density at radius 3 is 2.00 bits per heavy atom. The van der Waals surface area contributed by atoms with Crippen molar-refractivity contribution in [3.05, 3.63) is 16.9 Å². The first-order chi connectivity index (χ1) is 4.61. The number of nitrogen functional groups attached to an aromatic ring is 1. The van der Waals surface area contributed by atoms with Crippen LogP contribution in [0.25, 0.3) is 0 Å². The lowest BCUT2D eigenvalue weighted by molar-refractivity contribution is 0.530. The van der Waals surface area contributed by atoms with Gasteiger partial charge in [0.2, 0.25) is 17.8 Å². The molecule has 3 nitrogen and oxygen atoms in total. The minimum absolute atomic E-state index is 0.473. The maximum absolute atomic E-state index is 12.2. The third kappa shape index (κ3) is 1.13. The normalized spacial score (nSPS) is 9.90. The van der Waals surface area contributed by atoms with Crippen LogP contribution in [0, 0.1) is 11.9 Å². The van der Waals surface area contributed by atoms with E-state index < -0.39 is 22.9 Å². The Morgan fingerprint density at radius 1 is 1.20 bits per heavy atom. The average molecular weight is 166 g/mol. The fourth-order valence-electron chi connectivity index (χ4n) is 0.409. The highest BCUT2D eigenvalue weighted by Gasteiger charge is 2.09. The molecule has 0 aliphatic heterocycles. The van der Waals surface area contributed by atoms with Gasteiger partial charge in [-0.25, -0.2) is 0 Å². The number of halogens is 3. The highest BCUT2D eigenvalue weighted by Crippen LogP contribution is 2.14. The zero-order valence-corrected chi connectivity index (χ0v) is 5.36. The zero-order valence-electron chi connectivity index (χ0n) is 4.61. The molecule has 0 saturated heterocycles. The molecule has 0 spiro atoms. The molecule has 6 heteroatoms. The third-order valence-electron chi connectivity index (χ3n) is 0.788. The number of hydrogen-bond donors (Lipinski definition) is 1. The third-order valence-corrected chi connectivity index (χ3v) is 1.10. The summed E-state index contributed by atoms with van der Waals surface area (Å²) in [5.74, 6) is -2.77. The van der Waals surface area contributed by atoms with Crippen molar-refractivity contribution in [2.24, 2.45) is 0 Å². The quantitative estimate of drug-likeness (QED) is 0.584. The summed E-state index contributed by atoms with van der Waals surface area (Å²) < 4.78 is 24.5. The second-order valence-electron chi connectivity index (χ2n) is 1.48. The SMILES string of the molecule is Nc1nc(F)c(Cl)c(F)n1. The lowest BCUT2D eigenvalue weighted by Crippen LogP contribution is -2.00. The van der Waals surface area contributed by atoms with Crippen molar-refractivity contribution < 1.29 is 8.78 Å². The van der Waals surface area contributed by atoms with E-state index in [1.165, 1.54) is 0 Å². The van der Waals surface area contributed by atoms with Gasteiger partial charge in [0.25, 0.3) is 0 Å². The molecule has 1 aromatic heterocycles. The summed E-state index contributed by atoms with van der Waals surface area (Å²) in [7, 11) is 0. The van der Waals surface area contributed by atoms with Crippen molar-refractivity contribution in [1.29, 1.82) is 0 Å². The van der Waals surface area contributed by atoms with Gasteiger partial charge in [-0.05, 0) is 0 Å². The maximum atomic E-state index is 12.2. The topological polar surface area (TPSA) is 51.8 Å². The van der Waals surface area contributed by atoms with E-state index in [2.05, 4.69) is 9.97 Å². The number of nitrogens with two attached hydrogens (primary N) is 1. The number of hydrogen-bond acceptors (Lipinski definition) is 3. The van der Waals surface area contributed by atoms with Gasteiger partial charge >= 0.3 is 0 Å². The van der Waals surface area contributed by atoms with Crippen LogP contribution >= 0.6 is 11.6 Å². The van der Waals surface area contributed by atoms with Crippen LogP contribution in [0.1, 0.15) is 0 Å². The van der Waals surface area contributed by atoms with Gasteiger partial charge in [-0.3, -0.25) is 0 Å². The molecule has 0 fully saturated rings. The molecular formula is C4H2ClF2N3. The van der Waals surface area contributed by atoms with Crippen molar-refractivity contribution in [3.8, 4) is 0 Å². The van der Waals surface area contributed by atoms with Crippen molar-refractivity contribution in [3.63, 3.8) is 0 Å². The Bertz CT molecular complexity index is 242. The van der Waals surface area contributed by atoms with Crippen molar-refractivity contribution >= 4 is 17.5 Å². The average Bonchev–Trinajstić information content (AvgIpc) is 1.82. The monoisotopic (exact) mass is 165 g/mol. The van der Waals surface area contributed by atoms with Gasteiger partial charge in [0.1, 0.15) is 0 Å². The lowest BCUT2D eigenvalue weighted by atomic mass is 10.6. The minimum Gasteiger partial charge on any atom is -0.368 e. The molecule has 0 radical (unpaired) electrons. The highest BCUT2D eigenvalue weighted by molar-refractivity contribution is 6.30. The molecule has 0 aromatic carbocycles. The first-order valence-electron chi connectivity index (χ1n) is 2.25. The van der Waals surface area contributed by atoms with E-state index in [-0.39, 0.29) is 0 Å². The molecule has 10 heavy (non-hydrogen) atoms. The predicted octanol–water partition coefficient (Wildman–Crippen LogP) is 0.990. The summed E-state index contributed by atoms with van der Waals surface area (Å²) in [5, 5.41) is -0.741. The fourth-order valence-corrected chi connectivity index (χ4v) is 0.494. The number of aromatic nitrogens is 2. The Morgan fingerprint density at radius 2 is 1.60 bits per heavy atom. The molecule has 0 aliphatic rings. The molecule has 0 unspecified atom stereocenters. The summed E-state index contributed by atoms with van der Waals surface area (Å²) in [6.07, 6.45) is 0. The number of anilines is 1. The van der Waals surface area contributed by atoms with Crippen molar-refractivity contribution in [2.75, 3.05) is 5.73 Å². The number of rotatable bonds is 0. The summed E-state index contributed by atoms with van der Waals surface area (Å²) >= 11 is 5.02. The molecule has 0 aliphatic carbocycles. The molecule has 0 bridgehead atoms. The van der Waals surface area contributed by atoms with E-state index >= 15 is 0 Å². The summed E-state index contributed by atoms with van der Waals surface area (Å²) in [6.45, 7) is 0. The smallest absolute Gasteiger partial charge is 0.239 e. The molecule has 1 rings (SSSR count). The molecular weight excluding hydrogens is 164 g/mol. The molecule has 0 saturated carbocycles. The Labute approximate surface area is 59.8 Å². The summed E-state index contributed by atoms with van der Waals surface area (Å²) in [4.78, 5) is 5.92. The van der Waals surface area contributed by atoms with Gasteiger partial charge in [0.05, 0.1) is 0 Å². The predicted molar refractivity (Wildman–Crippen MR) is 31.4 cm³/mol. The first kappa shape index (κ1) is 7.14. The molecule has 0 atom stereocenters. The van der Waals surface area contributed by atoms with Crippen molar-refractivity contribution in [1.82, 2.24) is 9.97 Å². The Kier molecular flexibility index (Phi) is 1.67. The molecule has 0 amide bonds. The van der Waals surface area contributed by atoms with Gasteiger partial charge in [-0.15, -0.1) is 0 Å². The van der Waals surface area contributed by atoms with Crippen LogP contribution in [0.5, 0.6) is 0 Å². The second kappa shape index (κ2) is 2.34. The van der Waals surface area contributed by atoms with E-state index in [4.69, 9.17) is 17.3 Å². The van der Waals surface area contributed by atoms with Crippen LogP contribution in [0.15, 0.2) is 0 Å². The van der Waals surface area contributed by atoms with Gasteiger partial charge in [-0.1, -0.05) is 11.6 Å². The van der Waals surface area contributed by atoms with Gasteiger partial charge in [0.15, 0.2) is 5.02 Å². The summed E-state index contributed by atoms with van der Waals surface area (Å²) in [6, 6.07) is 0. The Balaban J connectivity index is 3.31. The minimum atomic E-state index is -1.15. The van der Waals surface area contributed by atoms with Crippen LogP contribution < -0.4 is 5.73 Å². The largest absolute Gasteiger partial charge is 0.368 e. The van der Waals surface area contributed by atoms with E-state index in [9.17, 15) is 8.78 Å². The second-order valence-corrected chi connectivity index (χ2v) is 1.86. The highest BCUT2D eigenvalue weighted by atomic mass is 35.5. The van der Waals surface area contributed by atoms with Crippen LogP contribution in [0.3, 0.4) is 0 Å².